The first-order valence-corrected chi connectivity index (χ1v) is 10.0. The Balaban J connectivity index is 1.67. The first-order chi connectivity index (χ1) is 14.6. The largest absolute Gasteiger partial charge is 0.497 e. The highest BCUT2D eigenvalue weighted by molar-refractivity contribution is 5.94. The molecule has 1 unspecified atom stereocenters. The van der Waals surface area contributed by atoms with Crippen LogP contribution in [-0.4, -0.2) is 22.6 Å². The molecule has 0 aliphatic carbocycles. The Bertz CT molecular complexity index is 1200. The van der Waals surface area contributed by atoms with E-state index in [0.717, 1.165) is 16.9 Å². The van der Waals surface area contributed by atoms with Crippen LogP contribution in [0.5, 0.6) is 5.75 Å². The van der Waals surface area contributed by atoms with Crippen LogP contribution >= 0.6 is 0 Å². The van der Waals surface area contributed by atoms with Crippen molar-refractivity contribution in [1.29, 1.82) is 0 Å². The molecule has 1 N–H and O–H groups in total. The monoisotopic (exact) mass is 399 g/mol. The lowest BCUT2D eigenvalue weighted by molar-refractivity contribution is 0.0937. The van der Waals surface area contributed by atoms with Crippen molar-refractivity contribution in [2.24, 2.45) is 0 Å². The minimum absolute atomic E-state index is 0.157. The molecule has 152 valence electrons. The molecule has 0 saturated carbocycles. The van der Waals surface area contributed by atoms with Crippen LogP contribution in [0.1, 0.15) is 40.3 Å². The van der Waals surface area contributed by atoms with Gasteiger partial charge < -0.3 is 14.6 Å². The molecular weight excluding hydrogens is 374 g/mol. The van der Waals surface area contributed by atoms with Gasteiger partial charge in [0, 0.05) is 12.1 Å². The summed E-state index contributed by atoms with van der Waals surface area (Å²) < 4.78 is 7.42. The van der Waals surface area contributed by atoms with Gasteiger partial charge in [0.25, 0.3) is 5.91 Å². The minimum Gasteiger partial charge on any atom is -0.497 e. The number of ether oxygens (including phenoxy) is 1. The smallest absolute Gasteiger partial charge is 0.251 e. The quantitative estimate of drug-likeness (QED) is 0.502. The van der Waals surface area contributed by atoms with Crippen LogP contribution in [0.25, 0.3) is 11.0 Å². The molecule has 0 saturated heterocycles. The fraction of sp³-hybridized carbons (Fsp3) is 0.200. The van der Waals surface area contributed by atoms with E-state index in [4.69, 9.17) is 9.72 Å². The third-order valence-electron chi connectivity index (χ3n) is 5.34. The van der Waals surface area contributed by atoms with Gasteiger partial charge in [-0.15, -0.1) is 0 Å². The van der Waals surface area contributed by atoms with Crippen molar-refractivity contribution in [2.75, 3.05) is 7.11 Å². The number of hydrogen-bond donors (Lipinski definition) is 1. The fourth-order valence-corrected chi connectivity index (χ4v) is 3.66. The van der Waals surface area contributed by atoms with Crippen LogP contribution in [-0.2, 0) is 6.54 Å². The highest BCUT2D eigenvalue weighted by Crippen LogP contribution is 2.24. The zero-order chi connectivity index (χ0) is 21.1. The molecule has 30 heavy (non-hydrogen) atoms. The van der Waals surface area contributed by atoms with E-state index in [1.54, 1.807) is 19.2 Å². The molecule has 5 nitrogen and oxygen atoms in total. The normalized spacial score (nSPS) is 12.0. The lowest BCUT2D eigenvalue weighted by Gasteiger charge is -2.17. The summed E-state index contributed by atoms with van der Waals surface area (Å²) in [6.07, 6.45) is 0. The number of aromatic nitrogens is 2. The second-order valence-electron chi connectivity index (χ2n) is 7.40. The number of rotatable bonds is 6. The van der Waals surface area contributed by atoms with E-state index < -0.39 is 0 Å². The molecule has 0 bridgehead atoms. The number of carbonyl (C=O) groups is 1. The van der Waals surface area contributed by atoms with E-state index in [2.05, 4.69) is 41.1 Å². The van der Waals surface area contributed by atoms with E-state index in [1.807, 2.05) is 43.3 Å². The molecule has 0 fully saturated rings. The number of nitrogens with one attached hydrogen (secondary N) is 1. The van der Waals surface area contributed by atoms with Crippen molar-refractivity contribution in [3.8, 4) is 5.75 Å². The number of amides is 1. The molecule has 1 aromatic heterocycles. The van der Waals surface area contributed by atoms with Gasteiger partial charge in [-0.2, -0.15) is 0 Å². The highest BCUT2D eigenvalue weighted by atomic mass is 16.5. The van der Waals surface area contributed by atoms with E-state index in [9.17, 15) is 4.79 Å². The van der Waals surface area contributed by atoms with Crippen LogP contribution in [0.3, 0.4) is 0 Å². The second-order valence-corrected chi connectivity index (χ2v) is 7.40. The van der Waals surface area contributed by atoms with E-state index in [1.165, 1.54) is 11.1 Å². The molecule has 4 aromatic rings. The Labute approximate surface area is 176 Å². The van der Waals surface area contributed by atoms with Gasteiger partial charge in [0.1, 0.15) is 11.6 Å². The number of methoxy groups -OCH3 is 1. The van der Waals surface area contributed by atoms with Crippen molar-refractivity contribution in [2.45, 2.75) is 26.4 Å². The van der Waals surface area contributed by atoms with E-state index in [0.29, 0.717) is 17.9 Å². The summed E-state index contributed by atoms with van der Waals surface area (Å²) in [7, 11) is 1.59. The maximum absolute atomic E-state index is 12.8. The lowest BCUT2D eigenvalue weighted by atomic mass is 10.1. The van der Waals surface area contributed by atoms with Crippen molar-refractivity contribution in [3.05, 3.63) is 95.3 Å². The molecule has 0 radical (unpaired) electrons. The maximum atomic E-state index is 12.8. The van der Waals surface area contributed by atoms with Crippen LogP contribution in [0.4, 0.5) is 0 Å². The number of para-hydroxylation sites is 2. The molecule has 0 aliphatic rings. The van der Waals surface area contributed by atoms with Crippen LogP contribution in [0, 0.1) is 6.92 Å². The molecule has 3 aromatic carbocycles. The standard InChI is InChI=1S/C25H25N3O2/c1-17-9-4-5-10-20(17)16-28-23-14-7-6-13-22(23)27-24(28)18(2)26-25(29)19-11-8-12-21(15-19)30-3/h4-15,18H,16H2,1-3H3,(H,26,29). The lowest BCUT2D eigenvalue weighted by Crippen LogP contribution is -2.29. The SMILES string of the molecule is COc1cccc(C(=O)NC(C)c2nc3ccccc3n2Cc2ccccc2C)c1. The predicted molar refractivity (Wildman–Crippen MR) is 119 cm³/mol. The molecule has 5 heteroatoms. The molecule has 1 heterocycles. The first-order valence-electron chi connectivity index (χ1n) is 10.0. The summed E-state index contributed by atoms with van der Waals surface area (Å²) in [6, 6.07) is 23.3. The van der Waals surface area contributed by atoms with Gasteiger partial charge in [0.05, 0.1) is 24.2 Å². The Hall–Kier alpha value is -3.60. The first kappa shape index (κ1) is 19.7. The number of benzene rings is 3. The maximum Gasteiger partial charge on any atom is 0.251 e. The van der Waals surface area contributed by atoms with Crippen LogP contribution < -0.4 is 10.1 Å². The van der Waals surface area contributed by atoms with Crippen molar-refractivity contribution in [1.82, 2.24) is 14.9 Å². The van der Waals surface area contributed by atoms with Gasteiger partial charge in [-0.05, 0) is 55.3 Å². The summed E-state index contributed by atoms with van der Waals surface area (Å²) in [5, 5.41) is 3.09. The molecular formula is C25H25N3O2. The number of imidazole rings is 1. The topological polar surface area (TPSA) is 56.1 Å². The van der Waals surface area contributed by atoms with Crippen LogP contribution in [0.15, 0.2) is 72.8 Å². The molecule has 0 spiro atoms. The second kappa shape index (κ2) is 8.41. The van der Waals surface area contributed by atoms with Gasteiger partial charge in [-0.1, -0.05) is 42.5 Å². The third-order valence-corrected chi connectivity index (χ3v) is 5.34. The van der Waals surface area contributed by atoms with Crippen molar-refractivity contribution >= 4 is 16.9 Å². The zero-order valence-electron chi connectivity index (χ0n) is 17.4. The van der Waals surface area contributed by atoms with Gasteiger partial charge in [0.2, 0.25) is 0 Å². The van der Waals surface area contributed by atoms with Crippen molar-refractivity contribution < 1.29 is 9.53 Å². The number of fused-ring (bicyclic) bond motifs is 1. The molecule has 1 atom stereocenters. The number of nitrogens with zero attached hydrogens (tertiary/aromatic N) is 2. The van der Waals surface area contributed by atoms with Gasteiger partial charge >= 0.3 is 0 Å². The molecule has 0 aliphatic heterocycles. The minimum atomic E-state index is -0.264. The summed E-state index contributed by atoms with van der Waals surface area (Å²) >= 11 is 0. The zero-order valence-corrected chi connectivity index (χ0v) is 17.4. The Morgan fingerprint density at radius 2 is 1.83 bits per heavy atom. The predicted octanol–water partition coefficient (Wildman–Crippen LogP) is 4.89. The molecule has 4 rings (SSSR count). The summed E-state index contributed by atoms with van der Waals surface area (Å²) in [5.41, 5.74) is 4.99. The van der Waals surface area contributed by atoms with Crippen molar-refractivity contribution in [3.63, 3.8) is 0 Å². The average molecular weight is 399 g/mol. The van der Waals surface area contributed by atoms with E-state index in [-0.39, 0.29) is 11.9 Å². The van der Waals surface area contributed by atoms with Gasteiger partial charge in [-0.25, -0.2) is 4.98 Å². The van der Waals surface area contributed by atoms with Gasteiger partial charge in [0.15, 0.2) is 0 Å². The Morgan fingerprint density at radius 3 is 2.63 bits per heavy atom. The van der Waals surface area contributed by atoms with Crippen LogP contribution in [0.2, 0.25) is 0 Å². The number of carbonyl (C=O) groups excluding carboxylic acids is 1. The number of aryl methyl sites for hydroxylation is 1. The summed E-state index contributed by atoms with van der Waals surface area (Å²) in [4.78, 5) is 17.7. The Kier molecular flexibility index (Phi) is 5.53. The van der Waals surface area contributed by atoms with Gasteiger partial charge in [-0.3, -0.25) is 4.79 Å². The highest BCUT2D eigenvalue weighted by Gasteiger charge is 2.20. The summed E-state index contributed by atoms with van der Waals surface area (Å²) in [5.74, 6) is 1.33. The third kappa shape index (κ3) is 3.92. The molecule has 1 amide bonds. The summed E-state index contributed by atoms with van der Waals surface area (Å²) in [6.45, 7) is 4.78. The van der Waals surface area contributed by atoms with E-state index >= 15 is 0 Å². The average Bonchev–Trinajstić information content (AvgIpc) is 3.14. The fourth-order valence-electron chi connectivity index (χ4n) is 3.66. The number of hydrogen-bond acceptors (Lipinski definition) is 3. The Morgan fingerprint density at radius 1 is 1.07 bits per heavy atom.